The Morgan fingerprint density at radius 2 is 2.33 bits per heavy atom. The summed E-state index contributed by atoms with van der Waals surface area (Å²) in [4.78, 5) is 4.20. The second kappa shape index (κ2) is 5.73. The maximum atomic E-state index is 13.9. The molecule has 0 spiro atoms. The fourth-order valence-corrected chi connectivity index (χ4v) is 2.43. The molecule has 0 bridgehead atoms. The molecule has 1 atom stereocenters. The minimum Gasteiger partial charge on any atom is -0.497 e. The molecule has 1 heterocycles. The smallest absolute Gasteiger partial charge is 0.146 e. The zero-order valence-electron chi connectivity index (χ0n) is 11.9. The number of nitrogens with one attached hydrogen (secondary N) is 1. The molecule has 1 aromatic heterocycles. The molecule has 0 radical (unpaired) electrons. The predicted molar refractivity (Wildman–Crippen MR) is 78.9 cm³/mol. The van der Waals surface area contributed by atoms with Crippen molar-refractivity contribution >= 4 is 5.69 Å². The minimum atomic E-state index is -0.327. The van der Waals surface area contributed by atoms with Crippen molar-refractivity contribution in [3.05, 3.63) is 42.2 Å². The molecule has 3 N–H and O–H groups in total. The molecule has 112 valence electrons. The monoisotopic (exact) mass is 290 g/mol. The molecular weight excluding hydrogens is 271 g/mol. The molecule has 1 aromatic carbocycles. The molecule has 3 rings (SSSR count). The van der Waals surface area contributed by atoms with Crippen LogP contribution in [-0.4, -0.2) is 23.2 Å². The molecule has 1 aliphatic carbocycles. The second-order valence-electron chi connectivity index (χ2n) is 5.24. The molecule has 6 heteroatoms. The van der Waals surface area contributed by atoms with Gasteiger partial charge in [0, 0.05) is 18.7 Å². The summed E-state index contributed by atoms with van der Waals surface area (Å²) in [5, 5.41) is 3.16. The second-order valence-corrected chi connectivity index (χ2v) is 5.24. The Morgan fingerprint density at radius 1 is 1.52 bits per heavy atom. The number of ether oxygens (including phenoxy) is 1. The quantitative estimate of drug-likeness (QED) is 0.858. The summed E-state index contributed by atoms with van der Waals surface area (Å²) >= 11 is 0. The van der Waals surface area contributed by atoms with Gasteiger partial charge < -0.3 is 20.4 Å². The zero-order valence-corrected chi connectivity index (χ0v) is 11.9. The number of halogens is 1. The third-order valence-electron chi connectivity index (χ3n) is 3.73. The summed E-state index contributed by atoms with van der Waals surface area (Å²) in [5.41, 5.74) is 7.24. The van der Waals surface area contributed by atoms with Crippen molar-refractivity contribution in [2.24, 2.45) is 5.73 Å². The number of hydrogen-bond donors (Lipinski definition) is 2. The van der Waals surface area contributed by atoms with Gasteiger partial charge in [-0.05, 0) is 25.0 Å². The van der Waals surface area contributed by atoms with Crippen LogP contribution in [0.5, 0.6) is 5.75 Å². The number of anilines is 1. The minimum absolute atomic E-state index is 0.185. The Bertz CT molecular complexity index is 624. The highest BCUT2D eigenvalue weighted by Gasteiger charge is 2.27. The number of rotatable bonds is 6. The van der Waals surface area contributed by atoms with Gasteiger partial charge in [-0.3, -0.25) is 0 Å². The molecule has 0 amide bonds. The number of methoxy groups -OCH3 is 1. The number of nitrogens with zero attached hydrogens (tertiary/aromatic N) is 2. The van der Waals surface area contributed by atoms with Crippen LogP contribution in [0, 0.1) is 5.82 Å². The van der Waals surface area contributed by atoms with E-state index in [0.29, 0.717) is 24.0 Å². The summed E-state index contributed by atoms with van der Waals surface area (Å²) in [5.74, 6) is 0.275. The Kier molecular flexibility index (Phi) is 3.79. The van der Waals surface area contributed by atoms with Gasteiger partial charge in [0.2, 0.25) is 0 Å². The first-order valence-corrected chi connectivity index (χ1v) is 7.04. The van der Waals surface area contributed by atoms with Gasteiger partial charge >= 0.3 is 0 Å². The molecule has 21 heavy (non-hydrogen) atoms. The van der Waals surface area contributed by atoms with Crippen LogP contribution < -0.4 is 15.8 Å². The van der Waals surface area contributed by atoms with Crippen LogP contribution in [-0.2, 0) is 0 Å². The van der Waals surface area contributed by atoms with Crippen LogP contribution in [0.1, 0.15) is 30.6 Å². The van der Waals surface area contributed by atoms with E-state index >= 15 is 0 Å². The fourth-order valence-electron chi connectivity index (χ4n) is 2.43. The van der Waals surface area contributed by atoms with E-state index < -0.39 is 0 Å². The number of benzene rings is 1. The fraction of sp³-hybridized carbons (Fsp3) is 0.400. The first-order valence-electron chi connectivity index (χ1n) is 7.04. The lowest BCUT2D eigenvalue weighted by Crippen LogP contribution is -2.23. The van der Waals surface area contributed by atoms with Gasteiger partial charge in [-0.1, -0.05) is 0 Å². The maximum absolute atomic E-state index is 13.9. The summed E-state index contributed by atoms with van der Waals surface area (Å²) in [6.07, 6.45) is 5.93. The third kappa shape index (κ3) is 2.85. The van der Waals surface area contributed by atoms with Gasteiger partial charge in [0.25, 0.3) is 0 Å². The van der Waals surface area contributed by atoms with E-state index in [1.807, 2.05) is 6.33 Å². The van der Waals surface area contributed by atoms with Crippen LogP contribution >= 0.6 is 0 Å². The molecule has 5 nitrogen and oxygen atoms in total. The number of nitrogens with two attached hydrogens (primary N) is 1. The lowest BCUT2D eigenvalue weighted by molar-refractivity contribution is 0.414. The Labute approximate surface area is 122 Å². The van der Waals surface area contributed by atoms with Gasteiger partial charge in [-0.2, -0.15) is 0 Å². The van der Waals surface area contributed by atoms with Gasteiger partial charge in [0.1, 0.15) is 11.6 Å². The largest absolute Gasteiger partial charge is 0.497 e. The van der Waals surface area contributed by atoms with E-state index in [-0.39, 0.29) is 11.9 Å². The lowest BCUT2D eigenvalue weighted by Gasteiger charge is -2.20. The van der Waals surface area contributed by atoms with Crippen molar-refractivity contribution < 1.29 is 9.13 Å². The van der Waals surface area contributed by atoms with Crippen LogP contribution in [0.2, 0.25) is 0 Å². The molecule has 1 saturated carbocycles. The van der Waals surface area contributed by atoms with Gasteiger partial charge in [-0.25, -0.2) is 9.37 Å². The number of aromatic nitrogens is 2. The van der Waals surface area contributed by atoms with Gasteiger partial charge in [0.15, 0.2) is 0 Å². The lowest BCUT2D eigenvalue weighted by atomic mass is 10.2. The summed E-state index contributed by atoms with van der Waals surface area (Å²) in [7, 11) is 1.56. The van der Waals surface area contributed by atoms with Crippen LogP contribution in [0.3, 0.4) is 0 Å². The van der Waals surface area contributed by atoms with Gasteiger partial charge in [-0.15, -0.1) is 0 Å². The van der Waals surface area contributed by atoms with E-state index in [0.717, 1.165) is 18.5 Å². The highest BCUT2D eigenvalue weighted by Crippen LogP contribution is 2.37. The normalized spacial score (nSPS) is 15.8. The van der Waals surface area contributed by atoms with Crippen molar-refractivity contribution in [1.82, 2.24) is 9.55 Å². The number of imidazole rings is 1. The number of hydrogen-bond acceptors (Lipinski definition) is 4. The van der Waals surface area contributed by atoms with Crippen LogP contribution in [0.4, 0.5) is 10.1 Å². The molecular formula is C15H19FN4O. The molecule has 1 fully saturated rings. The zero-order chi connectivity index (χ0) is 14.8. The van der Waals surface area contributed by atoms with E-state index in [4.69, 9.17) is 10.5 Å². The topological polar surface area (TPSA) is 65.1 Å². The molecule has 1 unspecified atom stereocenters. The van der Waals surface area contributed by atoms with Crippen molar-refractivity contribution in [1.29, 1.82) is 0 Å². The summed E-state index contributed by atoms with van der Waals surface area (Å²) < 4.78 is 21.2. The van der Waals surface area contributed by atoms with Crippen molar-refractivity contribution in [3.63, 3.8) is 0 Å². The van der Waals surface area contributed by atoms with E-state index in [1.54, 1.807) is 25.4 Å². The highest BCUT2D eigenvalue weighted by molar-refractivity contribution is 5.51. The average molecular weight is 290 g/mol. The van der Waals surface area contributed by atoms with E-state index in [9.17, 15) is 4.39 Å². The highest BCUT2D eigenvalue weighted by atomic mass is 19.1. The first-order chi connectivity index (χ1) is 10.2. The van der Waals surface area contributed by atoms with Crippen molar-refractivity contribution in [3.8, 4) is 5.75 Å². The van der Waals surface area contributed by atoms with E-state index in [1.165, 1.54) is 6.07 Å². The SMILES string of the molecule is COc1ccc(F)c(NC(CN)c2cncn2C2CC2)c1. The molecule has 1 aliphatic rings. The predicted octanol–water partition coefficient (Wildman–Crippen LogP) is 2.48. The van der Waals surface area contributed by atoms with Crippen LogP contribution in [0.25, 0.3) is 0 Å². The van der Waals surface area contributed by atoms with Crippen LogP contribution in [0.15, 0.2) is 30.7 Å². The Hall–Kier alpha value is -2.08. The molecule has 0 saturated heterocycles. The van der Waals surface area contributed by atoms with Crippen molar-refractivity contribution in [2.75, 3.05) is 19.0 Å². The average Bonchev–Trinajstić information content (AvgIpc) is 3.24. The van der Waals surface area contributed by atoms with Gasteiger partial charge in [0.05, 0.1) is 37.1 Å². The maximum Gasteiger partial charge on any atom is 0.146 e. The third-order valence-corrected chi connectivity index (χ3v) is 3.73. The molecule has 2 aromatic rings. The first kappa shape index (κ1) is 13.9. The molecule has 0 aliphatic heterocycles. The summed E-state index contributed by atoms with van der Waals surface area (Å²) in [6, 6.07) is 4.93. The standard InChI is InChI=1S/C15H19FN4O/c1-21-11-4-5-12(16)13(6-11)19-14(7-17)15-8-18-9-20(15)10-2-3-10/h4-6,8-10,14,19H,2-3,7,17H2,1H3. The van der Waals surface area contributed by atoms with Crippen molar-refractivity contribution in [2.45, 2.75) is 24.9 Å². The Balaban J connectivity index is 1.85. The Morgan fingerprint density at radius 3 is 3.00 bits per heavy atom. The summed E-state index contributed by atoms with van der Waals surface area (Å²) in [6.45, 7) is 0.356. The van der Waals surface area contributed by atoms with E-state index in [2.05, 4.69) is 14.9 Å².